The highest BCUT2D eigenvalue weighted by molar-refractivity contribution is 6.33. The zero-order chi connectivity index (χ0) is 26.5. The number of carbonyl (C=O) groups excluding carboxylic acids is 2. The van der Waals surface area contributed by atoms with Gasteiger partial charge >= 0.3 is 0 Å². The van der Waals surface area contributed by atoms with E-state index in [0.717, 1.165) is 28.0 Å². The first-order valence-electron chi connectivity index (χ1n) is 12.7. The van der Waals surface area contributed by atoms with Crippen molar-refractivity contribution in [1.29, 1.82) is 0 Å². The number of amidine groups is 1. The van der Waals surface area contributed by atoms with Gasteiger partial charge in [0.15, 0.2) is 5.78 Å². The monoisotopic (exact) mass is 497 g/mol. The smallest absolute Gasteiger partial charge is 0.282 e. The van der Waals surface area contributed by atoms with Crippen LogP contribution in [0.25, 0.3) is 6.08 Å². The van der Waals surface area contributed by atoms with Crippen molar-refractivity contribution in [2.24, 2.45) is 9.98 Å². The topological polar surface area (TPSA) is 62.1 Å². The second-order valence-corrected chi connectivity index (χ2v) is 8.56. The van der Waals surface area contributed by atoms with E-state index in [-0.39, 0.29) is 18.2 Å². The van der Waals surface area contributed by atoms with E-state index >= 15 is 0 Å². The Morgan fingerprint density at radius 2 is 1.29 bits per heavy atom. The SMILES string of the molecule is CC.O=C1CN=C(c2ccc(N3C(=O)/C(=C/c4ccccc4)N=C3c3ccccc3)cc2)c2ccccc21. The number of fused-ring (bicyclic) bond motifs is 1. The molecule has 6 rings (SSSR count). The lowest BCUT2D eigenvalue weighted by molar-refractivity contribution is -0.113. The molecule has 0 spiro atoms. The number of carbonyl (C=O) groups is 2. The maximum absolute atomic E-state index is 13.6. The highest BCUT2D eigenvalue weighted by Crippen LogP contribution is 2.29. The molecule has 0 unspecified atom stereocenters. The maximum atomic E-state index is 13.6. The molecular formula is C33H27N3O2. The summed E-state index contributed by atoms with van der Waals surface area (Å²) in [5.41, 5.74) is 6.06. The van der Waals surface area contributed by atoms with E-state index in [0.29, 0.717) is 22.8 Å². The maximum Gasteiger partial charge on any atom is 0.282 e. The van der Waals surface area contributed by atoms with Crippen molar-refractivity contribution >= 4 is 35.0 Å². The molecule has 0 bridgehead atoms. The van der Waals surface area contributed by atoms with Gasteiger partial charge < -0.3 is 0 Å². The van der Waals surface area contributed by atoms with E-state index < -0.39 is 0 Å². The first-order chi connectivity index (χ1) is 18.7. The number of hydrogen-bond acceptors (Lipinski definition) is 4. The van der Waals surface area contributed by atoms with Gasteiger partial charge in [-0.05, 0) is 23.8 Å². The van der Waals surface area contributed by atoms with Crippen molar-refractivity contribution in [3.8, 4) is 0 Å². The van der Waals surface area contributed by atoms with E-state index in [1.54, 1.807) is 4.90 Å². The third-order valence-electron chi connectivity index (χ3n) is 6.26. The second kappa shape index (κ2) is 11.0. The molecule has 0 N–H and O–H groups in total. The Kier molecular flexibility index (Phi) is 7.18. The molecule has 0 radical (unpaired) electrons. The third kappa shape index (κ3) is 4.74. The first-order valence-corrected chi connectivity index (χ1v) is 12.7. The number of anilines is 1. The molecule has 38 heavy (non-hydrogen) atoms. The molecule has 0 aromatic heterocycles. The summed E-state index contributed by atoms with van der Waals surface area (Å²) in [5.74, 6) is 0.424. The molecule has 4 aromatic rings. The van der Waals surface area contributed by atoms with Gasteiger partial charge in [-0.3, -0.25) is 19.5 Å². The number of nitrogens with zero attached hydrogens (tertiary/aromatic N) is 3. The molecule has 0 aliphatic carbocycles. The van der Waals surface area contributed by atoms with Crippen LogP contribution in [0.15, 0.2) is 125 Å². The van der Waals surface area contributed by atoms with Crippen LogP contribution in [0.5, 0.6) is 0 Å². The molecule has 2 aliphatic heterocycles. The Labute approximate surface area is 222 Å². The lowest BCUT2D eigenvalue weighted by atomic mass is 9.92. The molecule has 2 heterocycles. The Hall–Kier alpha value is -4.90. The predicted octanol–water partition coefficient (Wildman–Crippen LogP) is 6.58. The van der Waals surface area contributed by atoms with Crippen molar-refractivity contribution < 1.29 is 9.59 Å². The van der Waals surface area contributed by atoms with Gasteiger partial charge in [-0.25, -0.2) is 4.99 Å². The summed E-state index contributed by atoms with van der Waals surface area (Å²) >= 11 is 0. The molecule has 0 saturated carbocycles. The summed E-state index contributed by atoms with van der Waals surface area (Å²) in [7, 11) is 0. The van der Waals surface area contributed by atoms with Crippen LogP contribution in [0, 0.1) is 0 Å². The average molecular weight is 498 g/mol. The van der Waals surface area contributed by atoms with Gasteiger partial charge in [0.1, 0.15) is 18.1 Å². The number of benzene rings is 4. The summed E-state index contributed by atoms with van der Waals surface area (Å²) in [6, 6.07) is 34.6. The van der Waals surface area contributed by atoms with Gasteiger partial charge in [0, 0.05) is 22.3 Å². The van der Waals surface area contributed by atoms with Gasteiger partial charge in [-0.15, -0.1) is 0 Å². The lowest BCUT2D eigenvalue weighted by Crippen LogP contribution is -2.32. The predicted molar refractivity (Wildman–Crippen MR) is 154 cm³/mol. The fraction of sp³-hybridized carbons (Fsp3) is 0.0909. The molecule has 0 fully saturated rings. The van der Waals surface area contributed by atoms with Crippen molar-refractivity contribution in [2.75, 3.05) is 11.4 Å². The summed E-state index contributed by atoms with van der Waals surface area (Å²) in [5, 5.41) is 0. The number of hydrogen-bond donors (Lipinski definition) is 0. The van der Waals surface area contributed by atoms with Gasteiger partial charge in [0.25, 0.3) is 5.91 Å². The largest absolute Gasteiger partial charge is 0.292 e. The van der Waals surface area contributed by atoms with E-state index in [1.807, 2.05) is 129 Å². The Balaban J connectivity index is 0.00000144. The van der Waals surface area contributed by atoms with Crippen LogP contribution < -0.4 is 4.90 Å². The third-order valence-corrected chi connectivity index (χ3v) is 6.26. The van der Waals surface area contributed by atoms with Gasteiger partial charge in [0.05, 0.1) is 11.4 Å². The van der Waals surface area contributed by atoms with Crippen molar-refractivity contribution in [1.82, 2.24) is 0 Å². The fourth-order valence-electron chi connectivity index (χ4n) is 4.51. The van der Waals surface area contributed by atoms with E-state index in [9.17, 15) is 9.59 Å². The van der Waals surface area contributed by atoms with E-state index in [4.69, 9.17) is 4.99 Å². The van der Waals surface area contributed by atoms with Crippen molar-refractivity contribution in [3.05, 3.63) is 143 Å². The van der Waals surface area contributed by atoms with Crippen LogP contribution in [0.4, 0.5) is 5.69 Å². The number of ketones is 1. The summed E-state index contributed by atoms with van der Waals surface area (Å²) in [6.45, 7) is 4.14. The van der Waals surface area contributed by atoms with Gasteiger partial charge in [-0.2, -0.15) is 0 Å². The molecule has 5 heteroatoms. The van der Waals surface area contributed by atoms with Crippen LogP contribution in [0.3, 0.4) is 0 Å². The Bertz CT molecular complexity index is 1570. The molecule has 0 saturated heterocycles. The van der Waals surface area contributed by atoms with Gasteiger partial charge in [-0.1, -0.05) is 111 Å². The van der Waals surface area contributed by atoms with Crippen molar-refractivity contribution in [3.63, 3.8) is 0 Å². The average Bonchev–Trinajstić information content (AvgIpc) is 3.31. The molecule has 5 nitrogen and oxygen atoms in total. The molecule has 186 valence electrons. The molecule has 4 aromatic carbocycles. The van der Waals surface area contributed by atoms with Crippen LogP contribution >= 0.6 is 0 Å². The Morgan fingerprint density at radius 1 is 0.684 bits per heavy atom. The highest BCUT2D eigenvalue weighted by atomic mass is 16.2. The minimum atomic E-state index is -0.184. The summed E-state index contributed by atoms with van der Waals surface area (Å²) in [6.07, 6.45) is 1.81. The molecular weight excluding hydrogens is 470 g/mol. The van der Waals surface area contributed by atoms with Crippen LogP contribution in [-0.2, 0) is 4.79 Å². The quantitative estimate of drug-likeness (QED) is 0.299. The van der Waals surface area contributed by atoms with Crippen LogP contribution in [-0.4, -0.2) is 29.8 Å². The van der Waals surface area contributed by atoms with E-state index in [2.05, 4.69) is 4.99 Å². The lowest BCUT2D eigenvalue weighted by Gasteiger charge is -2.20. The number of rotatable bonds is 4. The fourth-order valence-corrected chi connectivity index (χ4v) is 4.51. The highest BCUT2D eigenvalue weighted by Gasteiger charge is 2.32. The number of aliphatic imine (C=N–C) groups is 2. The van der Waals surface area contributed by atoms with E-state index in [1.165, 1.54) is 0 Å². The van der Waals surface area contributed by atoms with Crippen molar-refractivity contribution in [2.45, 2.75) is 13.8 Å². The zero-order valence-corrected chi connectivity index (χ0v) is 21.3. The number of Topliss-reactive ketones (excluding diaryl/α,β-unsaturated/α-hetero) is 1. The molecule has 1 amide bonds. The van der Waals surface area contributed by atoms with Crippen LogP contribution in [0.2, 0.25) is 0 Å². The zero-order valence-electron chi connectivity index (χ0n) is 21.3. The summed E-state index contributed by atoms with van der Waals surface area (Å²) < 4.78 is 0. The first kappa shape index (κ1) is 24.8. The second-order valence-electron chi connectivity index (χ2n) is 8.56. The summed E-state index contributed by atoms with van der Waals surface area (Å²) in [4.78, 5) is 36.8. The normalized spacial score (nSPS) is 15.4. The number of amides is 1. The standard InChI is InChI=1S/C31H21N3O2.C2H6/c35-28-20-32-29(26-14-8-7-13-25(26)28)22-15-17-24(18-16-22)34-30(23-11-5-2-6-12-23)33-27(31(34)36)19-21-9-3-1-4-10-21;1-2/h1-19H,20H2;1-2H3/b27-19-;. The van der Waals surface area contributed by atoms with Crippen LogP contribution in [0.1, 0.15) is 46.5 Å². The van der Waals surface area contributed by atoms with Gasteiger partial charge in [0.2, 0.25) is 0 Å². The Morgan fingerprint density at radius 3 is 1.97 bits per heavy atom. The minimum absolute atomic E-state index is 0.0232. The molecule has 2 aliphatic rings. The molecule has 0 atom stereocenters. The minimum Gasteiger partial charge on any atom is -0.292 e.